The van der Waals surface area contributed by atoms with E-state index >= 15 is 0 Å². The van der Waals surface area contributed by atoms with Gasteiger partial charge in [0.25, 0.3) is 5.91 Å². The summed E-state index contributed by atoms with van der Waals surface area (Å²) < 4.78 is 48.1. The largest absolute Gasteiger partial charge is 0.465 e. The van der Waals surface area contributed by atoms with Gasteiger partial charge in [-0.3, -0.25) is 14.4 Å². The smallest absolute Gasteiger partial charge is 0.416 e. The first kappa shape index (κ1) is 35.4. The molecular weight excluding hydrogens is 625 g/mol. The molecule has 1 saturated heterocycles. The molecule has 0 aromatic heterocycles. The lowest BCUT2D eigenvalue weighted by Crippen LogP contribution is -2.62. The average Bonchev–Trinajstić information content (AvgIpc) is 3.09. The fourth-order valence-electron chi connectivity index (χ4n) is 5.26. The molecule has 0 spiro atoms. The minimum absolute atomic E-state index is 0.144. The number of hydrogen-bond acceptors (Lipinski definition) is 6. The fourth-order valence-corrected chi connectivity index (χ4v) is 5.26. The van der Waals surface area contributed by atoms with Crippen LogP contribution in [0.1, 0.15) is 51.3 Å². The number of halogens is 3. The van der Waals surface area contributed by atoms with Crippen molar-refractivity contribution in [2.75, 3.05) is 32.1 Å². The van der Waals surface area contributed by atoms with Crippen LogP contribution in [0.2, 0.25) is 0 Å². The van der Waals surface area contributed by atoms with Gasteiger partial charge in [-0.05, 0) is 67.8 Å². The molecule has 48 heavy (non-hydrogen) atoms. The second kappa shape index (κ2) is 15.0. The van der Waals surface area contributed by atoms with E-state index in [0.29, 0.717) is 24.2 Å². The van der Waals surface area contributed by atoms with Crippen molar-refractivity contribution in [2.24, 2.45) is 0 Å². The van der Waals surface area contributed by atoms with Gasteiger partial charge in [0, 0.05) is 18.7 Å². The Hall–Kier alpha value is -5.45. The van der Waals surface area contributed by atoms with E-state index in [-0.39, 0.29) is 29.3 Å². The van der Waals surface area contributed by atoms with Crippen molar-refractivity contribution >= 4 is 29.4 Å². The summed E-state index contributed by atoms with van der Waals surface area (Å²) in [6, 6.07) is 25.2. The number of nitrogens with zero attached hydrogens (tertiary/aromatic N) is 1. The van der Waals surface area contributed by atoms with Crippen LogP contribution in [-0.4, -0.2) is 55.5 Å². The first-order chi connectivity index (χ1) is 22.9. The molecule has 1 atom stereocenters. The minimum atomic E-state index is -4.44. The molecule has 5 rings (SSSR count). The van der Waals surface area contributed by atoms with E-state index in [1.807, 2.05) is 44.2 Å². The van der Waals surface area contributed by atoms with Crippen molar-refractivity contribution in [1.82, 2.24) is 4.90 Å². The predicted octanol–water partition coefficient (Wildman–Crippen LogP) is 7.07. The number of carbonyl (C=O) groups is 4. The summed E-state index contributed by atoms with van der Waals surface area (Å²) in [5.74, 6) is -1.69. The lowest BCUT2D eigenvalue weighted by atomic mass is 9.76. The molecule has 1 N–H and O–H groups in total. The van der Waals surface area contributed by atoms with Gasteiger partial charge in [0.15, 0.2) is 0 Å². The Morgan fingerprint density at radius 3 is 2.04 bits per heavy atom. The quantitative estimate of drug-likeness (QED) is 0.160. The Balaban J connectivity index is 0.000000246. The zero-order chi connectivity index (χ0) is 35.1. The van der Waals surface area contributed by atoms with Gasteiger partial charge in [-0.25, -0.2) is 4.79 Å². The number of alkyl halides is 3. The molecule has 1 heterocycles. The summed E-state index contributed by atoms with van der Waals surface area (Å²) in [5, 5.41) is 2.70. The van der Waals surface area contributed by atoms with Gasteiger partial charge in [0.2, 0.25) is 11.3 Å². The third-order valence-electron chi connectivity index (χ3n) is 7.97. The highest BCUT2D eigenvalue weighted by molar-refractivity contribution is 6.12. The second-order valence-electron chi connectivity index (χ2n) is 10.9. The topological polar surface area (TPSA) is 102 Å². The van der Waals surface area contributed by atoms with E-state index in [9.17, 15) is 32.3 Å². The standard InChI is InChI=1S/C23H18F3NO3.C14H17NO3/c1-14-7-12-20(19(13-14)22(29)30-2)27-21(28)18-6-4-3-5-17(18)15-8-10-16(11-9-15)23(24,25)26;1-3-15(4-2)12(16)14(10-18-13(14)17)11-8-6-5-7-9-11/h3-13H,1-2H3,(H,27,28);5-9H,3-4,10H2,1-2H3. The van der Waals surface area contributed by atoms with Gasteiger partial charge < -0.3 is 19.7 Å². The molecular formula is C37H35F3N2O6. The highest BCUT2D eigenvalue weighted by Crippen LogP contribution is 2.36. The highest BCUT2D eigenvalue weighted by Gasteiger charge is 2.58. The van der Waals surface area contributed by atoms with Gasteiger partial charge >= 0.3 is 18.1 Å². The van der Waals surface area contributed by atoms with Gasteiger partial charge in [0.1, 0.15) is 6.61 Å². The average molecular weight is 661 g/mol. The summed E-state index contributed by atoms with van der Waals surface area (Å²) in [4.78, 5) is 51.1. The summed E-state index contributed by atoms with van der Waals surface area (Å²) >= 11 is 0. The number of anilines is 1. The van der Waals surface area contributed by atoms with Crippen LogP contribution in [0, 0.1) is 6.92 Å². The van der Waals surface area contributed by atoms with E-state index < -0.39 is 35.0 Å². The first-order valence-corrected chi connectivity index (χ1v) is 15.2. The number of methoxy groups -OCH3 is 1. The Morgan fingerprint density at radius 1 is 0.875 bits per heavy atom. The lowest BCUT2D eigenvalue weighted by molar-refractivity contribution is -0.181. The maximum Gasteiger partial charge on any atom is 0.416 e. The van der Waals surface area contributed by atoms with E-state index in [0.717, 1.165) is 23.3 Å². The maximum absolute atomic E-state index is 12.9. The molecule has 4 aromatic rings. The minimum Gasteiger partial charge on any atom is -0.465 e. The normalized spacial score (nSPS) is 15.2. The van der Waals surface area contributed by atoms with Crippen molar-refractivity contribution in [3.63, 3.8) is 0 Å². The van der Waals surface area contributed by atoms with Crippen LogP contribution in [0.4, 0.5) is 18.9 Å². The number of hydrogen-bond donors (Lipinski definition) is 1. The molecule has 1 aliphatic rings. The Morgan fingerprint density at radius 2 is 1.50 bits per heavy atom. The van der Waals surface area contributed by atoms with Crippen LogP contribution in [0.15, 0.2) is 97.1 Å². The molecule has 0 aliphatic carbocycles. The number of esters is 2. The number of cyclic esters (lactones) is 1. The number of aryl methyl sites for hydroxylation is 1. The summed E-state index contributed by atoms with van der Waals surface area (Å²) in [6.45, 7) is 6.95. The fraction of sp³-hybridized carbons (Fsp3) is 0.243. The predicted molar refractivity (Wildman–Crippen MR) is 174 cm³/mol. The summed E-state index contributed by atoms with van der Waals surface area (Å²) in [6.07, 6.45) is -4.44. The third-order valence-corrected chi connectivity index (χ3v) is 7.97. The zero-order valence-electron chi connectivity index (χ0n) is 26.9. The van der Waals surface area contributed by atoms with E-state index in [1.54, 1.807) is 54.3 Å². The van der Waals surface area contributed by atoms with Crippen LogP contribution in [0.5, 0.6) is 0 Å². The van der Waals surface area contributed by atoms with E-state index in [1.165, 1.54) is 19.2 Å². The van der Waals surface area contributed by atoms with Gasteiger partial charge in [-0.15, -0.1) is 0 Å². The summed E-state index contributed by atoms with van der Waals surface area (Å²) in [5.41, 5.74) is 1.33. The maximum atomic E-state index is 12.9. The molecule has 0 radical (unpaired) electrons. The molecule has 250 valence electrons. The van der Waals surface area contributed by atoms with Crippen LogP contribution in [0.25, 0.3) is 11.1 Å². The number of carbonyl (C=O) groups excluding carboxylic acids is 4. The number of benzene rings is 4. The van der Waals surface area contributed by atoms with Gasteiger partial charge in [-0.1, -0.05) is 72.3 Å². The van der Waals surface area contributed by atoms with Crippen LogP contribution >= 0.6 is 0 Å². The van der Waals surface area contributed by atoms with Crippen LogP contribution < -0.4 is 5.32 Å². The SMILES string of the molecule is CCN(CC)C(=O)C1(c2ccccc2)COC1=O.COC(=O)c1cc(C)ccc1NC(=O)c1ccccc1-c1ccc(C(F)(F)F)cc1. The van der Waals surface area contributed by atoms with Gasteiger partial charge in [-0.2, -0.15) is 13.2 Å². The summed E-state index contributed by atoms with van der Waals surface area (Å²) in [7, 11) is 1.25. The Labute approximate surface area is 276 Å². The second-order valence-corrected chi connectivity index (χ2v) is 10.9. The number of rotatable bonds is 8. The van der Waals surface area contributed by atoms with Crippen molar-refractivity contribution in [1.29, 1.82) is 0 Å². The molecule has 4 aromatic carbocycles. The van der Waals surface area contributed by atoms with Gasteiger partial charge in [0.05, 0.1) is 23.9 Å². The van der Waals surface area contributed by atoms with Crippen molar-refractivity contribution < 1.29 is 41.8 Å². The number of likely N-dealkylation sites (N-methyl/N-ethyl adjacent to an activating group) is 1. The molecule has 0 saturated carbocycles. The molecule has 8 nitrogen and oxygen atoms in total. The molecule has 2 amide bonds. The highest BCUT2D eigenvalue weighted by atomic mass is 19.4. The van der Waals surface area contributed by atoms with E-state index in [2.05, 4.69) is 5.32 Å². The van der Waals surface area contributed by atoms with Crippen LogP contribution in [0.3, 0.4) is 0 Å². The molecule has 0 bridgehead atoms. The zero-order valence-corrected chi connectivity index (χ0v) is 26.9. The monoisotopic (exact) mass is 660 g/mol. The molecule has 1 fully saturated rings. The number of amides is 2. The molecule has 1 unspecified atom stereocenters. The van der Waals surface area contributed by atoms with Crippen LogP contribution in [-0.2, 0) is 30.7 Å². The van der Waals surface area contributed by atoms with Crippen molar-refractivity contribution in [3.8, 4) is 11.1 Å². The number of nitrogens with one attached hydrogen (secondary N) is 1. The number of ether oxygens (including phenoxy) is 2. The van der Waals surface area contributed by atoms with E-state index in [4.69, 9.17) is 9.47 Å². The molecule has 1 aliphatic heterocycles. The lowest BCUT2D eigenvalue weighted by Gasteiger charge is -2.40. The Kier molecular flexibility index (Phi) is 11.0. The third kappa shape index (κ3) is 7.41. The molecule has 11 heteroatoms. The van der Waals surface area contributed by atoms with Crippen molar-refractivity contribution in [2.45, 2.75) is 32.4 Å². The Bertz CT molecular complexity index is 1790. The first-order valence-electron chi connectivity index (χ1n) is 15.2. The van der Waals surface area contributed by atoms with Crippen molar-refractivity contribution in [3.05, 3.63) is 125 Å².